The molecule has 116 valence electrons. The lowest BCUT2D eigenvalue weighted by Gasteiger charge is -2.28. The summed E-state index contributed by atoms with van der Waals surface area (Å²) in [5.41, 5.74) is 0.455. The lowest BCUT2D eigenvalue weighted by atomic mass is 10.2. The molecule has 1 aromatic rings. The van der Waals surface area contributed by atoms with Gasteiger partial charge in [-0.3, -0.25) is 9.97 Å². The van der Waals surface area contributed by atoms with Crippen molar-refractivity contribution in [3.8, 4) is 0 Å². The average molecular weight is 292 g/mol. The fraction of sp³-hybridized carbons (Fsp3) is 0.667. The summed E-state index contributed by atoms with van der Waals surface area (Å²) in [6.07, 6.45) is 6.90. The quantitative estimate of drug-likeness (QED) is 0.919. The van der Waals surface area contributed by atoms with Crippen LogP contribution >= 0.6 is 0 Å². The maximum absolute atomic E-state index is 12.2. The summed E-state index contributed by atoms with van der Waals surface area (Å²) >= 11 is 0. The molecule has 1 atom stereocenters. The Bertz CT molecular complexity index is 458. The molecule has 0 unspecified atom stereocenters. The molecule has 2 rings (SSSR count). The van der Waals surface area contributed by atoms with Crippen LogP contribution in [0.1, 0.15) is 39.3 Å². The van der Waals surface area contributed by atoms with Crippen LogP contribution in [0.4, 0.5) is 4.79 Å². The van der Waals surface area contributed by atoms with E-state index in [1.54, 1.807) is 18.6 Å². The maximum atomic E-state index is 12.2. The van der Waals surface area contributed by atoms with Gasteiger partial charge in [0.25, 0.3) is 0 Å². The normalized spacial score (nSPS) is 18.8. The Morgan fingerprint density at radius 3 is 2.95 bits per heavy atom. The van der Waals surface area contributed by atoms with E-state index < -0.39 is 5.60 Å². The SMILES string of the molecule is CC(C)(C)OC(=O)N1CCC[C@@H]1CNCc1cnccn1. The topological polar surface area (TPSA) is 67.3 Å². The number of nitrogens with one attached hydrogen (secondary N) is 1. The lowest BCUT2D eigenvalue weighted by Crippen LogP contribution is -2.44. The molecular formula is C15H24N4O2. The Labute approximate surface area is 125 Å². The van der Waals surface area contributed by atoms with Gasteiger partial charge in [-0.05, 0) is 33.6 Å². The van der Waals surface area contributed by atoms with Gasteiger partial charge in [-0.15, -0.1) is 0 Å². The lowest BCUT2D eigenvalue weighted by molar-refractivity contribution is 0.0226. The van der Waals surface area contributed by atoms with Gasteiger partial charge in [0.2, 0.25) is 0 Å². The molecule has 21 heavy (non-hydrogen) atoms. The zero-order chi connectivity index (χ0) is 15.3. The van der Waals surface area contributed by atoms with Crippen LogP contribution in [-0.2, 0) is 11.3 Å². The first-order valence-corrected chi connectivity index (χ1v) is 7.41. The van der Waals surface area contributed by atoms with Crippen molar-refractivity contribution in [3.05, 3.63) is 24.3 Å². The van der Waals surface area contributed by atoms with Crippen molar-refractivity contribution >= 4 is 6.09 Å². The van der Waals surface area contributed by atoms with Gasteiger partial charge in [-0.1, -0.05) is 0 Å². The fourth-order valence-electron chi connectivity index (χ4n) is 2.40. The molecule has 0 bridgehead atoms. The highest BCUT2D eigenvalue weighted by Crippen LogP contribution is 2.20. The van der Waals surface area contributed by atoms with Gasteiger partial charge in [-0.25, -0.2) is 4.79 Å². The highest BCUT2D eigenvalue weighted by molar-refractivity contribution is 5.69. The molecule has 0 aliphatic carbocycles. The second-order valence-corrected chi connectivity index (χ2v) is 6.30. The summed E-state index contributed by atoms with van der Waals surface area (Å²) in [6.45, 7) is 7.85. The summed E-state index contributed by atoms with van der Waals surface area (Å²) in [7, 11) is 0. The van der Waals surface area contributed by atoms with Crippen LogP contribution in [0.3, 0.4) is 0 Å². The van der Waals surface area contributed by atoms with Crippen molar-refractivity contribution in [3.63, 3.8) is 0 Å². The number of rotatable bonds is 4. The second kappa shape index (κ2) is 6.85. The molecule has 6 heteroatoms. The van der Waals surface area contributed by atoms with Crippen LogP contribution in [0.25, 0.3) is 0 Å². The molecule has 1 aliphatic heterocycles. The van der Waals surface area contributed by atoms with E-state index in [9.17, 15) is 4.79 Å². The van der Waals surface area contributed by atoms with Crippen molar-refractivity contribution in [1.82, 2.24) is 20.2 Å². The third-order valence-corrected chi connectivity index (χ3v) is 3.31. The molecule has 1 N–H and O–H groups in total. The van der Waals surface area contributed by atoms with Gasteiger partial charge in [0.1, 0.15) is 5.60 Å². The summed E-state index contributed by atoms with van der Waals surface area (Å²) in [4.78, 5) is 22.2. The van der Waals surface area contributed by atoms with Crippen molar-refractivity contribution in [2.75, 3.05) is 13.1 Å². The minimum Gasteiger partial charge on any atom is -0.444 e. The largest absolute Gasteiger partial charge is 0.444 e. The average Bonchev–Trinajstić information content (AvgIpc) is 2.86. The Morgan fingerprint density at radius 2 is 2.29 bits per heavy atom. The van der Waals surface area contributed by atoms with Crippen LogP contribution in [0, 0.1) is 0 Å². The van der Waals surface area contributed by atoms with Gasteiger partial charge in [0, 0.05) is 44.3 Å². The molecule has 1 fully saturated rings. The number of aromatic nitrogens is 2. The third kappa shape index (κ3) is 4.97. The second-order valence-electron chi connectivity index (χ2n) is 6.30. The molecule has 0 aromatic carbocycles. The number of ether oxygens (including phenoxy) is 1. The maximum Gasteiger partial charge on any atom is 0.410 e. The molecule has 0 radical (unpaired) electrons. The Kier molecular flexibility index (Phi) is 5.12. The van der Waals surface area contributed by atoms with Gasteiger partial charge < -0.3 is 15.0 Å². The van der Waals surface area contributed by atoms with Crippen molar-refractivity contribution in [1.29, 1.82) is 0 Å². The predicted molar refractivity (Wildman–Crippen MR) is 79.7 cm³/mol. The highest BCUT2D eigenvalue weighted by Gasteiger charge is 2.31. The number of amides is 1. The molecule has 6 nitrogen and oxygen atoms in total. The van der Waals surface area contributed by atoms with E-state index in [1.807, 2.05) is 25.7 Å². The van der Waals surface area contributed by atoms with Crippen LogP contribution in [0.2, 0.25) is 0 Å². The van der Waals surface area contributed by atoms with Crippen LogP contribution in [0.5, 0.6) is 0 Å². The number of carbonyl (C=O) groups excluding carboxylic acids is 1. The first-order chi connectivity index (χ1) is 9.96. The first kappa shape index (κ1) is 15.7. The Hall–Kier alpha value is -1.69. The molecule has 2 heterocycles. The Balaban J connectivity index is 1.80. The van der Waals surface area contributed by atoms with Gasteiger partial charge in [0.05, 0.1) is 5.69 Å². The van der Waals surface area contributed by atoms with Gasteiger partial charge >= 0.3 is 6.09 Å². The third-order valence-electron chi connectivity index (χ3n) is 3.31. The van der Waals surface area contributed by atoms with Crippen molar-refractivity contribution in [2.45, 2.75) is 51.8 Å². The van der Waals surface area contributed by atoms with Crippen molar-refractivity contribution in [2.24, 2.45) is 0 Å². The van der Waals surface area contributed by atoms with E-state index in [-0.39, 0.29) is 12.1 Å². The number of likely N-dealkylation sites (tertiary alicyclic amines) is 1. The van der Waals surface area contributed by atoms with Gasteiger partial charge in [0.15, 0.2) is 0 Å². The zero-order valence-corrected chi connectivity index (χ0v) is 13.0. The molecular weight excluding hydrogens is 268 g/mol. The highest BCUT2D eigenvalue weighted by atomic mass is 16.6. The monoisotopic (exact) mass is 292 g/mol. The summed E-state index contributed by atoms with van der Waals surface area (Å²) in [6, 6.07) is 0.191. The van der Waals surface area contributed by atoms with E-state index in [4.69, 9.17) is 4.74 Å². The summed E-state index contributed by atoms with van der Waals surface area (Å²) in [5, 5.41) is 3.34. The molecule has 0 saturated carbocycles. The fourth-order valence-corrected chi connectivity index (χ4v) is 2.40. The molecule has 1 amide bonds. The predicted octanol–water partition coefficient (Wildman–Crippen LogP) is 1.97. The van der Waals surface area contributed by atoms with E-state index in [1.165, 1.54) is 0 Å². The molecule has 1 aliphatic rings. The van der Waals surface area contributed by atoms with E-state index >= 15 is 0 Å². The minimum atomic E-state index is -0.447. The van der Waals surface area contributed by atoms with Crippen molar-refractivity contribution < 1.29 is 9.53 Å². The van der Waals surface area contributed by atoms with Crippen LogP contribution < -0.4 is 5.32 Å². The number of hydrogen-bond acceptors (Lipinski definition) is 5. The summed E-state index contributed by atoms with van der Waals surface area (Å²) in [5.74, 6) is 0. The van der Waals surface area contributed by atoms with E-state index in [0.717, 1.165) is 31.6 Å². The van der Waals surface area contributed by atoms with E-state index in [2.05, 4.69) is 15.3 Å². The number of hydrogen-bond donors (Lipinski definition) is 1. The molecule has 1 aromatic heterocycles. The minimum absolute atomic E-state index is 0.191. The standard InChI is InChI=1S/C15H24N4O2/c1-15(2,3)21-14(20)19-8-4-5-13(19)11-17-10-12-9-16-6-7-18-12/h6-7,9,13,17H,4-5,8,10-11H2,1-3H3/t13-/m1/s1. The molecule has 1 saturated heterocycles. The van der Waals surface area contributed by atoms with Gasteiger partial charge in [-0.2, -0.15) is 0 Å². The van der Waals surface area contributed by atoms with E-state index in [0.29, 0.717) is 6.54 Å². The number of carbonyl (C=O) groups is 1. The zero-order valence-electron chi connectivity index (χ0n) is 13.0. The Morgan fingerprint density at radius 1 is 1.48 bits per heavy atom. The van der Waals surface area contributed by atoms with Crippen LogP contribution in [-0.4, -0.2) is 45.7 Å². The molecule has 0 spiro atoms. The number of nitrogens with zero attached hydrogens (tertiary/aromatic N) is 3. The van der Waals surface area contributed by atoms with Crippen LogP contribution in [0.15, 0.2) is 18.6 Å². The smallest absolute Gasteiger partial charge is 0.410 e. The summed E-state index contributed by atoms with van der Waals surface area (Å²) < 4.78 is 5.45. The first-order valence-electron chi connectivity index (χ1n) is 7.41.